The summed E-state index contributed by atoms with van der Waals surface area (Å²) in [6, 6.07) is 9.68. The number of halogens is 2. The molecule has 2 aromatic rings. The van der Waals surface area contributed by atoms with Crippen LogP contribution in [0, 0.1) is 27.7 Å². The summed E-state index contributed by atoms with van der Waals surface area (Å²) >= 11 is -3.28. The third-order valence-electron chi connectivity index (χ3n) is 7.30. The van der Waals surface area contributed by atoms with Crippen molar-refractivity contribution >= 4 is 19.0 Å². The van der Waals surface area contributed by atoms with E-state index in [1.807, 2.05) is 0 Å². The molecule has 160 valence electrons. The Bertz CT molecular complexity index is 1080. The van der Waals surface area contributed by atoms with E-state index in [-0.39, 0.29) is 24.8 Å². The summed E-state index contributed by atoms with van der Waals surface area (Å²) in [6.45, 7) is 16.3. The van der Waals surface area contributed by atoms with Gasteiger partial charge >= 0.3 is 174 Å². The molecule has 4 heteroatoms. The molecule has 0 spiro atoms. The molecular formula is C26H34Cl2SiZr. The monoisotopic (exact) mass is 534 g/mol. The summed E-state index contributed by atoms with van der Waals surface area (Å²) in [6.07, 6.45) is 5.00. The van der Waals surface area contributed by atoms with Gasteiger partial charge in [-0.25, -0.2) is 0 Å². The van der Waals surface area contributed by atoms with E-state index < -0.39 is 17.4 Å². The molecule has 0 aromatic heterocycles. The number of hydrogen-bond acceptors (Lipinski definition) is 0. The largest absolute Gasteiger partial charge is 1.00 e. The minimum absolute atomic E-state index is 0. The van der Waals surface area contributed by atoms with Crippen LogP contribution in [0.15, 0.2) is 35.4 Å². The summed E-state index contributed by atoms with van der Waals surface area (Å²) in [5.41, 5.74) is 15.1. The maximum atomic E-state index is 2.73. The molecule has 0 amide bonds. The third-order valence-corrected chi connectivity index (χ3v) is 25.2. The first-order valence-electron chi connectivity index (χ1n) is 10.5. The van der Waals surface area contributed by atoms with Crippen LogP contribution in [-0.2, 0) is 17.4 Å². The zero-order valence-corrected chi connectivity index (χ0v) is 25.0. The molecule has 2 atom stereocenters. The Kier molecular flexibility index (Phi) is 7.05. The number of rotatable bonds is 2. The maximum Gasteiger partial charge on any atom is -1.00 e. The van der Waals surface area contributed by atoms with Crippen molar-refractivity contribution in [2.45, 2.75) is 58.1 Å². The van der Waals surface area contributed by atoms with Crippen LogP contribution in [0.25, 0.3) is 12.2 Å². The molecule has 0 saturated carbocycles. The van der Waals surface area contributed by atoms with E-state index in [0.29, 0.717) is 7.25 Å². The molecule has 2 aliphatic rings. The van der Waals surface area contributed by atoms with Gasteiger partial charge in [0.2, 0.25) is 0 Å². The Labute approximate surface area is 197 Å². The van der Waals surface area contributed by atoms with Crippen molar-refractivity contribution in [1.29, 1.82) is 0 Å². The van der Waals surface area contributed by atoms with Crippen molar-refractivity contribution in [3.63, 3.8) is 0 Å². The topological polar surface area (TPSA) is 0 Å². The third kappa shape index (κ3) is 3.81. The van der Waals surface area contributed by atoms with E-state index in [9.17, 15) is 0 Å². The zero-order valence-electron chi connectivity index (χ0n) is 19.6. The fourth-order valence-corrected chi connectivity index (χ4v) is 27.9. The fourth-order valence-electron chi connectivity index (χ4n) is 6.69. The van der Waals surface area contributed by atoms with Gasteiger partial charge in [0.25, 0.3) is 0 Å². The van der Waals surface area contributed by atoms with Gasteiger partial charge in [0, 0.05) is 0 Å². The van der Waals surface area contributed by atoms with Crippen LogP contribution in [0.5, 0.6) is 0 Å². The van der Waals surface area contributed by atoms with E-state index in [2.05, 4.69) is 94.1 Å². The Morgan fingerprint density at radius 3 is 1.30 bits per heavy atom. The van der Waals surface area contributed by atoms with E-state index in [1.165, 1.54) is 33.4 Å². The number of aryl methyl sites for hydroxylation is 4. The summed E-state index contributed by atoms with van der Waals surface area (Å²) in [7, 11) is 0. The van der Waals surface area contributed by atoms with E-state index in [4.69, 9.17) is 0 Å². The minimum atomic E-state index is -3.28. The smallest absolute Gasteiger partial charge is 1.00 e. The van der Waals surface area contributed by atoms with Crippen LogP contribution in [0.2, 0.25) is 9.26 Å². The number of allylic oxidation sites excluding steroid dienone is 2. The second-order valence-corrected chi connectivity index (χ2v) is 41.2. The SMILES string of the molecule is CC1=Cc2c(C)cc(C)cc2[CH]1[Zr+2]([CH3])([CH3])(=[SiH2])[CH]1C(C)=Cc2c(C)cc(C)cc21.[Cl-].[Cl-]. The summed E-state index contributed by atoms with van der Waals surface area (Å²) in [5, 5.41) is 0. The summed E-state index contributed by atoms with van der Waals surface area (Å²) in [4.78, 5) is 0. The van der Waals surface area contributed by atoms with Crippen LogP contribution < -0.4 is 24.8 Å². The summed E-state index contributed by atoms with van der Waals surface area (Å²) < 4.78 is 6.72. The Morgan fingerprint density at radius 2 is 0.967 bits per heavy atom. The van der Waals surface area contributed by atoms with Crippen molar-refractivity contribution in [3.05, 3.63) is 79.9 Å². The second-order valence-electron chi connectivity index (χ2n) is 10.7. The zero-order chi connectivity index (χ0) is 20.6. The molecule has 0 N–H and O–H groups in total. The molecule has 2 unspecified atom stereocenters. The predicted molar refractivity (Wildman–Crippen MR) is 125 cm³/mol. The van der Waals surface area contributed by atoms with Gasteiger partial charge in [0.15, 0.2) is 0 Å². The molecule has 0 saturated heterocycles. The Hall–Kier alpha value is -0.400. The molecule has 2 aliphatic carbocycles. The standard InChI is InChI=1S/2C12H13.2CH3.2ClH.H2Si.Zr/c2*1-8-4-10(3)12-7-9(2)6-11(12)5-8;;;;;;/h2*4-7H,1-3H3;2*1H3;2*1H;1H2;/q;;;;;;;+2/p-2. The Balaban J connectivity index is 0.00000160. The van der Waals surface area contributed by atoms with Gasteiger partial charge in [0.05, 0.1) is 0 Å². The molecule has 0 nitrogen and oxygen atoms in total. The van der Waals surface area contributed by atoms with Crippen molar-refractivity contribution in [1.82, 2.24) is 0 Å². The molecule has 0 bridgehead atoms. The minimum Gasteiger partial charge on any atom is -1.00 e. The van der Waals surface area contributed by atoms with Crippen molar-refractivity contribution in [2.75, 3.05) is 0 Å². The van der Waals surface area contributed by atoms with Crippen molar-refractivity contribution in [3.8, 4) is 0 Å². The molecule has 30 heavy (non-hydrogen) atoms. The van der Waals surface area contributed by atoms with Gasteiger partial charge in [-0.15, -0.1) is 0 Å². The molecular weight excluding hydrogens is 503 g/mol. The number of benzene rings is 2. The first-order chi connectivity index (χ1) is 12.9. The molecule has 2 aromatic carbocycles. The van der Waals surface area contributed by atoms with Crippen LogP contribution in [0.1, 0.15) is 65.6 Å². The van der Waals surface area contributed by atoms with E-state index >= 15 is 0 Å². The van der Waals surface area contributed by atoms with Crippen LogP contribution >= 0.6 is 0 Å². The number of fused-ring (bicyclic) bond motifs is 2. The predicted octanol–water partition coefficient (Wildman–Crippen LogP) is 0.878. The van der Waals surface area contributed by atoms with Crippen LogP contribution in [0.3, 0.4) is 0 Å². The van der Waals surface area contributed by atoms with Gasteiger partial charge in [-0.2, -0.15) is 0 Å². The van der Waals surface area contributed by atoms with Crippen LogP contribution in [0.4, 0.5) is 0 Å². The molecule has 0 radical (unpaired) electrons. The van der Waals surface area contributed by atoms with Crippen LogP contribution in [-0.4, -0.2) is 6.88 Å². The molecule has 0 aliphatic heterocycles. The van der Waals surface area contributed by atoms with Gasteiger partial charge in [0.1, 0.15) is 0 Å². The maximum absolute atomic E-state index is 3.28. The quantitative estimate of drug-likeness (QED) is 0.500. The first kappa shape index (κ1) is 25.9. The Morgan fingerprint density at radius 1 is 0.633 bits per heavy atom. The van der Waals surface area contributed by atoms with E-state index in [1.54, 1.807) is 22.3 Å². The average molecular weight is 537 g/mol. The molecule has 0 heterocycles. The van der Waals surface area contributed by atoms with Crippen molar-refractivity contribution in [2.24, 2.45) is 0 Å². The fraction of sp³-hybridized carbons (Fsp3) is 0.385. The molecule has 0 fully saturated rings. The van der Waals surface area contributed by atoms with Gasteiger partial charge in [-0.1, -0.05) is 0 Å². The van der Waals surface area contributed by atoms with E-state index in [0.717, 1.165) is 0 Å². The average Bonchev–Trinajstić information content (AvgIpc) is 3.04. The first-order valence-corrected chi connectivity index (χ1v) is 24.2. The van der Waals surface area contributed by atoms with Gasteiger partial charge < -0.3 is 24.8 Å². The normalized spacial score (nSPS) is 19.1. The number of hydrogen-bond donors (Lipinski definition) is 0. The van der Waals surface area contributed by atoms with Gasteiger partial charge in [-0.05, 0) is 0 Å². The summed E-state index contributed by atoms with van der Waals surface area (Å²) in [5.74, 6) is 0. The second kappa shape index (κ2) is 8.18. The molecule has 4 rings (SSSR count). The van der Waals surface area contributed by atoms with Gasteiger partial charge in [-0.3, -0.25) is 0 Å². The van der Waals surface area contributed by atoms with Crippen molar-refractivity contribution < 1.29 is 42.2 Å².